The van der Waals surface area contributed by atoms with Gasteiger partial charge in [-0.25, -0.2) is 4.98 Å². The molecule has 0 aliphatic rings. The summed E-state index contributed by atoms with van der Waals surface area (Å²) in [6.07, 6.45) is 1.37. The standard InChI is InChI=1S/C23H20N4O3S/c1-13-7-8-15(14(2)9-13)17-11-31-22-20(17)23(30)27(12-25-22)10-19(28)26-18-6-4-3-5-16(18)21(24)29/h3-9,11-12H,10H2,1-2H3,(H2,24,29)(H,26,28). The predicted octanol–water partition coefficient (Wildman–Crippen LogP) is 3.48. The van der Waals surface area contributed by atoms with Gasteiger partial charge in [0.2, 0.25) is 5.91 Å². The lowest BCUT2D eigenvalue weighted by atomic mass is 9.99. The number of aromatic nitrogens is 2. The van der Waals surface area contributed by atoms with Crippen LogP contribution in [0.2, 0.25) is 0 Å². The van der Waals surface area contributed by atoms with Crippen molar-refractivity contribution in [3.05, 3.63) is 81.2 Å². The number of anilines is 1. The third-order valence-corrected chi connectivity index (χ3v) is 5.90. The number of nitrogens with two attached hydrogens (primary N) is 1. The molecule has 0 bridgehead atoms. The zero-order valence-corrected chi connectivity index (χ0v) is 17.8. The molecule has 0 spiro atoms. The van der Waals surface area contributed by atoms with Gasteiger partial charge in [-0.3, -0.25) is 19.0 Å². The number of carbonyl (C=O) groups excluding carboxylic acids is 2. The summed E-state index contributed by atoms with van der Waals surface area (Å²) in [6, 6.07) is 12.5. The third kappa shape index (κ3) is 3.97. The first-order valence-corrected chi connectivity index (χ1v) is 10.5. The first kappa shape index (κ1) is 20.5. The minimum absolute atomic E-state index is 0.201. The van der Waals surface area contributed by atoms with Crippen LogP contribution in [0.4, 0.5) is 5.69 Å². The van der Waals surface area contributed by atoms with Crippen molar-refractivity contribution in [3.8, 4) is 11.1 Å². The maximum absolute atomic E-state index is 13.2. The topological polar surface area (TPSA) is 107 Å². The molecule has 0 radical (unpaired) electrons. The van der Waals surface area contributed by atoms with Crippen LogP contribution in [0.1, 0.15) is 21.5 Å². The summed E-state index contributed by atoms with van der Waals surface area (Å²) in [6.45, 7) is 3.79. The summed E-state index contributed by atoms with van der Waals surface area (Å²) in [4.78, 5) is 42.3. The number of hydrogen-bond donors (Lipinski definition) is 2. The lowest BCUT2D eigenvalue weighted by Gasteiger charge is -2.10. The van der Waals surface area contributed by atoms with Crippen molar-refractivity contribution in [1.82, 2.24) is 9.55 Å². The number of primary amides is 1. The van der Waals surface area contributed by atoms with Crippen molar-refractivity contribution >= 4 is 39.1 Å². The molecule has 0 saturated carbocycles. The van der Waals surface area contributed by atoms with E-state index in [4.69, 9.17) is 5.73 Å². The van der Waals surface area contributed by atoms with Crippen LogP contribution in [0.3, 0.4) is 0 Å². The molecule has 8 heteroatoms. The van der Waals surface area contributed by atoms with Gasteiger partial charge in [0.1, 0.15) is 11.4 Å². The molecule has 4 rings (SSSR count). The molecule has 2 amide bonds. The highest BCUT2D eigenvalue weighted by Crippen LogP contribution is 2.33. The van der Waals surface area contributed by atoms with E-state index in [-0.39, 0.29) is 17.7 Å². The molecule has 0 unspecified atom stereocenters. The van der Waals surface area contributed by atoms with Gasteiger partial charge in [-0.05, 0) is 37.1 Å². The number of benzene rings is 2. The lowest BCUT2D eigenvalue weighted by Crippen LogP contribution is -2.28. The molecule has 0 atom stereocenters. The fourth-order valence-electron chi connectivity index (χ4n) is 3.55. The molecular formula is C23H20N4O3S. The number of nitrogens with one attached hydrogen (secondary N) is 1. The fraction of sp³-hybridized carbons (Fsp3) is 0.130. The molecule has 7 nitrogen and oxygen atoms in total. The Balaban J connectivity index is 1.68. The number of hydrogen-bond acceptors (Lipinski definition) is 5. The van der Waals surface area contributed by atoms with Gasteiger partial charge >= 0.3 is 0 Å². The van der Waals surface area contributed by atoms with Gasteiger partial charge in [-0.15, -0.1) is 11.3 Å². The molecule has 2 aromatic carbocycles. The lowest BCUT2D eigenvalue weighted by molar-refractivity contribution is -0.116. The summed E-state index contributed by atoms with van der Waals surface area (Å²) < 4.78 is 1.27. The summed E-state index contributed by atoms with van der Waals surface area (Å²) in [5, 5.41) is 5.06. The molecule has 4 aromatic rings. The van der Waals surface area contributed by atoms with Crippen molar-refractivity contribution in [3.63, 3.8) is 0 Å². The van der Waals surface area contributed by atoms with Gasteiger partial charge in [0.15, 0.2) is 0 Å². The second-order valence-electron chi connectivity index (χ2n) is 7.28. The Hall–Kier alpha value is -3.78. The number of thiophene rings is 1. The Morgan fingerprint density at radius 3 is 2.65 bits per heavy atom. The highest BCUT2D eigenvalue weighted by atomic mass is 32.1. The highest BCUT2D eigenvalue weighted by Gasteiger charge is 2.17. The maximum atomic E-state index is 13.2. The zero-order valence-electron chi connectivity index (χ0n) is 17.0. The molecule has 0 aliphatic carbocycles. The molecule has 0 fully saturated rings. The van der Waals surface area contributed by atoms with E-state index in [9.17, 15) is 14.4 Å². The maximum Gasteiger partial charge on any atom is 0.263 e. The Labute approximate surface area is 182 Å². The summed E-state index contributed by atoms with van der Waals surface area (Å²) in [5.41, 5.74) is 9.55. The van der Waals surface area contributed by atoms with Crippen LogP contribution in [0.15, 0.2) is 59.0 Å². The Bertz CT molecular complexity index is 1390. The Kier molecular flexibility index (Phi) is 5.39. The van der Waals surface area contributed by atoms with E-state index in [0.29, 0.717) is 15.9 Å². The van der Waals surface area contributed by atoms with Crippen LogP contribution in [-0.2, 0) is 11.3 Å². The average molecular weight is 433 g/mol. The van der Waals surface area contributed by atoms with Crippen LogP contribution in [0.5, 0.6) is 0 Å². The number of para-hydroxylation sites is 1. The quantitative estimate of drug-likeness (QED) is 0.503. The van der Waals surface area contributed by atoms with Crippen LogP contribution in [-0.4, -0.2) is 21.4 Å². The molecule has 0 saturated heterocycles. The third-order valence-electron chi connectivity index (χ3n) is 5.01. The smallest absolute Gasteiger partial charge is 0.263 e. The van der Waals surface area contributed by atoms with Crippen LogP contribution in [0, 0.1) is 13.8 Å². The average Bonchev–Trinajstić information content (AvgIpc) is 3.15. The molecule has 156 valence electrons. The summed E-state index contributed by atoms with van der Waals surface area (Å²) >= 11 is 1.39. The van der Waals surface area contributed by atoms with Crippen molar-refractivity contribution in [1.29, 1.82) is 0 Å². The minimum atomic E-state index is -0.646. The van der Waals surface area contributed by atoms with E-state index < -0.39 is 11.8 Å². The second kappa shape index (κ2) is 8.16. The first-order chi connectivity index (χ1) is 14.8. The van der Waals surface area contributed by atoms with Crippen molar-refractivity contribution < 1.29 is 9.59 Å². The van der Waals surface area contributed by atoms with Gasteiger partial charge < -0.3 is 11.1 Å². The number of amides is 2. The van der Waals surface area contributed by atoms with Gasteiger partial charge in [0.05, 0.1) is 23.0 Å². The van der Waals surface area contributed by atoms with E-state index in [0.717, 1.165) is 22.3 Å². The van der Waals surface area contributed by atoms with Gasteiger partial charge in [-0.2, -0.15) is 0 Å². The van der Waals surface area contributed by atoms with Crippen molar-refractivity contribution in [2.75, 3.05) is 5.32 Å². The monoisotopic (exact) mass is 432 g/mol. The highest BCUT2D eigenvalue weighted by molar-refractivity contribution is 7.17. The van der Waals surface area contributed by atoms with Crippen LogP contribution in [0.25, 0.3) is 21.3 Å². The van der Waals surface area contributed by atoms with E-state index in [1.54, 1.807) is 18.2 Å². The largest absolute Gasteiger partial charge is 0.366 e. The van der Waals surface area contributed by atoms with E-state index in [1.165, 1.54) is 28.3 Å². The minimum Gasteiger partial charge on any atom is -0.366 e. The molecule has 2 heterocycles. The number of rotatable bonds is 5. The van der Waals surface area contributed by atoms with E-state index >= 15 is 0 Å². The number of carbonyl (C=O) groups is 2. The molecule has 0 aliphatic heterocycles. The van der Waals surface area contributed by atoms with Crippen LogP contribution < -0.4 is 16.6 Å². The number of nitrogens with zero attached hydrogens (tertiary/aromatic N) is 2. The van der Waals surface area contributed by atoms with E-state index in [2.05, 4.69) is 16.4 Å². The van der Waals surface area contributed by atoms with E-state index in [1.807, 2.05) is 31.4 Å². The van der Waals surface area contributed by atoms with Crippen molar-refractivity contribution in [2.45, 2.75) is 20.4 Å². The Morgan fingerprint density at radius 2 is 1.90 bits per heavy atom. The van der Waals surface area contributed by atoms with Crippen LogP contribution >= 0.6 is 11.3 Å². The van der Waals surface area contributed by atoms with Gasteiger partial charge in [0.25, 0.3) is 11.5 Å². The fourth-order valence-corrected chi connectivity index (χ4v) is 4.44. The zero-order chi connectivity index (χ0) is 22.1. The number of aryl methyl sites for hydroxylation is 2. The molecule has 2 aromatic heterocycles. The number of fused-ring (bicyclic) bond motifs is 1. The molecule has 31 heavy (non-hydrogen) atoms. The summed E-state index contributed by atoms with van der Waals surface area (Å²) in [5.74, 6) is -1.10. The molecular weight excluding hydrogens is 412 g/mol. The summed E-state index contributed by atoms with van der Waals surface area (Å²) in [7, 11) is 0. The Morgan fingerprint density at radius 1 is 1.13 bits per heavy atom. The molecule has 3 N–H and O–H groups in total. The van der Waals surface area contributed by atoms with Gasteiger partial charge in [-0.1, -0.05) is 35.9 Å². The SMILES string of the molecule is Cc1ccc(-c2csc3ncn(CC(=O)Nc4ccccc4C(N)=O)c(=O)c23)c(C)c1. The second-order valence-corrected chi connectivity index (χ2v) is 8.14. The van der Waals surface area contributed by atoms with Gasteiger partial charge in [0, 0.05) is 10.9 Å². The predicted molar refractivity (Wildman–Crippen MR) is 122 cm³/mol. The van der Waals surface area contributed by atoms with Crippen molar-refractivity contribution in [2.24, 2.45) is 5.73 Å². The normalized spacial score (nSPS) is 10.9. The first-order valence-electron chi connectivity index (χ1n) is 9.58.